The summed E-state index contributed by atoms with van der Waals surface area (Å²) in [4.78, 5) is 4.20. The molecule has 19 heavy (non-hydrogen) atoms. The van der Waals surface area contributed by atoms with Crippen molar-refractivity contribution in [2.75, 3.05) is 6.61 Å². The summed E-state index contributed by atoms with van der Waals surface area (Å²) in [7, 11) is 0. The number of hydrogen-bond acceptors (Lipinski definition) is 4. The third-order valence-electron chi connectivity index (χ3n) is 2.85. The SMILES string of the molecule is CCCC(OCC)C(N)c1cncc(OC(C)C)c1. The predicted molar refractivity (Wildman–Crippen MR) is 77.3 cm³/mol. The monoisotopic (exact) mass is 266 g/mol. The standard InChI is InChI=1S/C15H26N2O2/c1-5-7-14(18-6-2)15(16)12-8-13(10-17-9-12)19-11(3)4/h8-11,14-15H,5-7,16H2,1-4H3. The van der Waals surface area contributed by atoms with Crippen LogP contribution in [0.2, 0.25) is 0 Å². The predicted octanol–water partition coefficient (Wildman–Crippen LogP) is 3.07. The smallest absolute Gasteiger partial charge is 0.138 e. The van der Waals surface area contributed by atoms with Crippen molar-refractivity contribution in [3.05, 3.63) is 24.0 Å². The van der Waals surface area contributed by atoms with E-state index in [-0.39, 0.29) is 18.2 Å². The lowest BCUT2D eigenvalue weighted by Gasteiger charge is -2.24. The molecule has 1 heterocycles. The van der Waals surface area contributed by atoms with Crippen molar-refractivity contribution in [3.8, 4) is 5.75 Å². The Balaban J connectivity index is 2.81. The Morgan fingerprint density at radius 3 is 2.58 bits per heavy atom. The van der Waals surface area contributed by atoms with Crippen LogP contribution in [0.3, 0.4) is 0 Å². The third-order valence-corrected chi connectivity index (χ3v) is 2.85. The van der Waals surface area contributed by atoms with Crippen molar-refractivity contribution >= 4 is 0 Å². The van der Waals surface area contributed by atoms with Gasteiger partial charge in [0.25, 0.3) is 0 Å². The van der Waals surface area contributed by atoms with Crippen LogP contribution in [-0.4, -0.2) is 23.8 Å². The Morgan fingerprint density at radius 1 is 1.26 bits per heavy atom. The third kappa shape index (κ3) is 5.17. The highest BCUT2D eigenvalue weighted by Crippen LogP contribution is 2.23. The lowest BCUT2D eigenvalue weighted by Crippen LogP contribution is -2.29. The van der Waals surface area contributed by atoms with Gasteiger partial charge in [-0.1, -0.05) is 13.3 Å². The van der Waals surface area contributed by atoms with Crippen molar-refractivity contribution in [3.63, 3.8) is 0 Å². The molecule has 0 bridgehead atoms. The van der Waals surface area contributed by atoms with Crippen LogP contribution >= 0.6 is 0 Å². The Hall–Kier alpha value is -1.13. The van der Waals surface area contributed by atoms with Crippen LogP contribution in [0.15, 0.2) is 18.5 Å². The van der Waals surface area contributed by atoms with Crippen LogP contribution in [0.4, 0.5) is 0 Å². The van der Waals surface area contributed by atoms with Crippen molar-refractivity contribution in [1.82, 2.24) is 4.98 Å². The quantitative estimate of drug-likeness (QED) is 0.785. The Morgan fingerprint density at radius 2 is 2.00 bits per heavy atom. The van der Waals surface area contributed by atoms with Crippen molar-refractivity contribution in [2.45, 2.75) is 58.8 Å². The maximum absolute atomic E-state index is 6.29. The van der Waals surface area contributed by atoms with Gasteiger partial charge in [-0.05, 0) is 38.8 Å². The molecule has 0 aromatic carbocycles. The molecule has 4 heteroatoms. The van der Waals surface area contributed by atoms with Crippen molar-refractivity contribution in [1.29, 1.82) is 0 Å². The average molecular weight is 266 g/mol. The van der Waals surface area contributed by atoms with Crippen LogP contribution in [0.5, 0.6) is 5.75 Å². The molecule has 0 aliphatic rings. The first kappa shape index (κ1) is 15.9. The maximum Gasteiger partial charge on any atom is 0.138 e. The molecular weight excluding hydrogens is 240 g/mol. The van der Waals surface area contributed by atoms with Crippen LogP contribution in [-0.2, 0) is 4.74 Å². The molecule has 2 atom stereocenters. The lowest BCUT2D eigenvalue weighted by molar-refractivity contribution is 0.0373. The zero-order valence-corrected chi connectivity index (χ0v) is 12.4. The molecule has 4 nitrogen and oxygen atoms in total. The fraction of sp³-hybridized carbons (Fsp3) is 0.667. The number of ether oxygens (including phenoxy) is 2. The highest BCUT2D eigenvalue weighted by molar-refractivity contribution is 5.26. The molecule has 0 spiro atoms. The van der Waals surface area contributed by atoms with E-state index in [1.54, 1.807) is 12.4 Å². The molecule has 0 aliphatic carbocycles. The number of hydrogen-bond donors (Lipinski definition) is 1. The summed E-state index contributed by atoms with van der Waals surface area (Å²) < 4.78 is 11.4. The second kappa shape index (κ2) is 8.12. The second-order valence-corrected chi connectivity index (χ2v) is 4.93. The Labute approximate surface area is 116 Å². The van der Waals surface area contributed by atoms with Crippen molar-refractivity contribution < 1.29 is 9.47 Å². The van der Waals surface area contributed by atoms with E-state index < -0.39 is 0 Å². The van der Waals surface area contributed by atoms with E-state index in [2.05, 4.69) is 11.9 Å². The van der Waals surface area contributed by atoms with Gasteiger partial charge in [0.1, 0.15) is 5.75 Å². The minimum absolute atomic E-state index is 0.0334. The summed E-state index contributed by atoms with van der Waals surface area (Å²) in [5, 5.41) is 0. The number of nitrogens with zero attached hydrogens (tertiary/aromatic N) is 1. The molecule has 1 rings (SSSR count). The van der Waals surface area contributed by atoms with Gasteiger partial charge in [-0.25, -0.2) is 0 Å². The fourth-order valence-corrected chi connectivity index (χ4v) is 2.03. The van der Waals surface area contributed by atoms with Gasteiger partial charge in [-0.2, -0.15) is 0 Å². The Kier molecular flexibility index (Phi) is 6.81. The molecule has 2 unspecified atom stereocenters. The molecule has 0 aliphatic heterocycles. The fourth-order valence-electron chi connectivity index (χ4n) is 2.03. The summed E-state index contributed by atoms with van der Waals surface area (Å²) in [6.45, 7) is 8.79. The molecule has 0 fully saturated rings. The van der Waals surface area contributed by atoms with Gasteiger partial charge in [0.2, 0.25) is 0 Å². The minimum Gasteiger partial charge on any atom is -0.489 e. The first-order valence-corrected chi connectivity index (χ1v) is 7.07. The lowest BCUT2D eigenvalue weighted by atomic mass is 10.0. The Bertz CT molecular complexity index is 363. The maximum atomic E-state index is 6.29. The van der Waals surface area contributed by atoms with Gasteiger partial charge >= 0.3 is 0 Å². The highest BCUT2D eigenvalue weighted by atomic mass is 16.5. The number of aromatic nitrogens is 1. The van der Waals surface area contributed by atoms with E-state index in [1.165, 1.54) is 0 Å². The largest absolute Gasteiger partial charge is 0.489 e. The molecule has 0 saturated carbocycles. The van der Waals surface area contributed by atoms with Gasteiger partial charge < -0.3 is 15.2 Å². The summed E-state index contributed by atoms with van der Waals surface area (Å²) in [5.41, 5.74) is 7.25. The zero-order valence-electron chi connectivity index (χ0n) is 12.4. The first-order chi connectivity index (χ1) is 9.08. The first-order valence-electron chi connectivity index (χ1n) is 7.07. The molecular formula is C15H26N2O2. The average Bonchev–Trinajstić information content (AvgIpc) is 2.37. The van der Waals surface area contributed by atoms with Crippen LogP contribution in [0.1, 0.15) is 52.1 Å². The van der Waals surface area contributed by atoms with Crippen LogP contribution in [0, 0.1) is 0 Å². The van der Waals surface area contributed by atoms with Gasteiger partial charge in [0.15, 0.2) is 0 Å². The van der Waals surface area contributed by atoms with Crippen LogP contribution < -0.4 is 10.5 Å². The van der Waals surface area contributed by atoms with Gasteiger partial charge in [0, 0.05) is 12.8 Å². The number of rotatable bonds is 8. The summed E-state index contributed by atoms with van der Waals surface area (Å²) >= 11 is 0. The molecule has 0 radical (unpaired) electrons. The summed E-state index contributed by atoms with van der Waals surface area (Å²) in [5.74, 6) is 0.759. The van der Waals surface area contributed by atoms with E-state index in [0.29, 0.717) is 6.61 Å². The topological polar surface area (TPSA) is 57.4 Å². The normalized spacial score (nSPS) is 14.4. The van der Waals surface area contributed by atoms with E-state index in [0.717, 1.165) is 24.2 Å². The minimum atomic E-state index is -0.164. The molecule has 108 valence electrons. The highest BCUT2D eigenvalue weighted by Gasteiger charge is 2.20. The summed E-state index contributed by atoms with van der Waals surface area (Å²) in [6.07, 6.45) is 5.67. The van der Waals surface area contributed by atoms with E-state index in [1.807, 2.05) is 26.8 Å². The van der Waals surface area contributed by atoms with E-state index in [9.17, 15) is 0 Å². The van der Waals surface area contributed by atoms with E-state index in [4.69, 9.17) is 15.2 Å². The number of pyridine rings is 1. The molecule has 0 saturated heterocycles. The van der Waals surface area contributed by atoms with E-state index >= 15 is 0 Å². The molecule has 0 amide bonds. The zero-order chi connectivity index (χ0) is 14.3. The number of nitrogens with two attached hydrogens (primary N) is 1. The molecule has 1 aromatic heterocycles. The van der Waals surface area contributed by atoms with Gasteiger partial charge in [0.05, 0.1) is 24.4 Å². The molecule has 1 aromatic rings. The summed E-state index contributed by atoms with van der Waals surface area (Å²) in [6, 6.07) is 1.79. The van der Waals surface area contributed by atoms with Crippen LogP contribution in [0.25, 0.3) is 0 Å². The van der Waals surface area contributed by atoms with Gasteiger partial charge in [-0.3, -0.25) is 4.98 Å². The van der Waals surface area contributed by atoms with Gasteiger partial charge in [-0.15, -0.1) is 0 Å². The second-order valence-electron chi connectivity index (χ2n) is 4.93. The van der Waals surface area contributed by atoms with Crippen molar-refractivity contribution in [2.24, 2.45) is 5.73 Å². The molecule has 2 N–H and O–H groups in total.